The Kier molecular flexibility index (Phi) is 17.7. The Morgan fingerprint density at radius 1 is 0.591 bits per heavy atom. The molecule has 1 heteroatoms. The summed E-state index contributed by atoms with van der Waals surface area (Å²) in [6, 6.07) is 10.9. The summed E-state index contributed by atoms with van der Waals surface area (Å²) in [6.45, 7) is 2.29. The van der Waals surface area contributed by atoms with Crippen LogP contribution in [-0.4, -0.2) is 0 Å². The third kappa shape index (κ3) is 13.9. The Bertz CT molecular complexity index is 313. The van der Waals surface area contributed by atoms with Gasteiger partial charge in [-0.2, -0.15) is 0 Å². The van der Waals surface area contributed by atoms with Gasteiger partial charge in [-0.05, 0) is 18.4 Å². The first kappa shape index (κ1) is 22.2. The minimum absolute atomic E-state index is 0. The van der Waals surface area contributed by atoms with E-state index in [0.717, 1.165) is 0 Å². The fraction of sp³-hybridized carbons (Fsp3) is 0.714. The Morgan fingerprint density at radius 2 is 1.00 bits per heavy atom. The Morgan fingerprint density at radius 3 is 1.45 bits per heavy atom. The van der Waals surface area contributed by atoms with Crippen LogP contribution in [0.5, 0.6) is 0 Å². The number of hydrogen-bond donors (Lipinski definition) is 0. The van der Waals surface area contributed by atoms with E-state index in [2.05, 4.69) is 37.3 Å². The first-order valence-electron chi connectivity index (χ1n) is 9.47. The standard InChI is InChI=1S/C21H36.Na.H/c1-2-3-4-5-6-7-8-9-10-11-12-13-15-18-21-19-16-14-17-20-21;;/h14,16-17,19-20H,2-13,15,18H2,1H3;;/q;+1;-1. The minimum atomic E-state index is 0. The fourth-order valence-corrected chi connectivity index (χ4v) is 2.99. The molecule has 0 saturated carbocycles. The molecule has 1 aromatic carbocycles. The van der Waals surface area contributed by atoms with Crippen molar-refractivity contribution in [1.82, 2.24) is 0 Å². The second kappa shape index (κ2) is 17.6. The number of unbranched alkanes of at least 4 members (excludes halogenated alkanes) is 12. The third-order valence-corrected chi connectivity index (χ3v) is 4.41. The monoisotopic (exact) mass is 312 g/mol. The van der Waals surface area contributed by atoms with Crippen molar-refractivity contribution in [3.8, 4) is 0 Å². The van der Waals surface area contributed by atoms with Gasteiger partial charge in [0.2, 0.25) is 0 Å². The summed E-state index contributed by atoms with van der Waals surface area (Å²) in [4.78, 5) is 0. The molecule has 1 aromatic rings. The quantitative estimate of drug-likeness (QED) is 0.352. The Balaban J connectivity index is 0. The molecule has 1 rings (SSSR count). The maximum atomic E-state index is 2.29. The van der Waals surface area contributed by atoms with E-state index in [4.69, 9.17) is 0 Å². The summed E-state index contributed by atoms with van der Waals surface area (Å²) in [5, 5.41) is 0. The van der Waals surface area contributed by atoms with E-state index in [0.29, 0.717) is 0 Å². The SMILES string of the molecule is CCCCCCCCCCCCCCCc1ccccc1.[H-].[Na+]. The molecule has 122 valence electrons. The van der Waals surface area contributed by atoms with Crippen molar-refractivity contribution in [2.75, 3.05) is 0 Å². The zero-order valence-corrected chi connectivity index (χ0v) is 17.3. The van der Waals surface area contributed by atoms with E-state index in [-0.39, 0.29) is 31.0 Å². The fourth-order valence-electron chi connectivity index (χ4n) is 2.99. The van der Waals surface area contributed by atoms with Gasteiger partial charge in [0.15, 0.2) is 0 Å². The van der Waals surface area contributed by atoms with Crippen molar-refractivity contribution < 1.29 is 31.0 Å². The molecule has 22 heavy (non-hydrogen) atoms. The van der Waals surface area contributed by atoms with Gasteiger partial charge in [-0.3, -0.25) is 0 Å². The van der Waals surface area contributed by atoms with Gasteiger partial charge < -0.3 is 1.43 Å². The predicted molar refractivity (Wildman–Crippen MR) is 97.0 cm³/mol. The van der Waals surface area contributed by atoms with Crippen LogP contribution in [0, 0.1) is 0 Å². The molecule has 0 bridgehead atoms. The Labute approximate surface area is 163 Å². The van der Waals surface area contributed by atoms with E-state index >= 15 is 0 Å². The topological polar surface area (TPSA) is 0 Å². The van der Waals surface area contributed by atoms with Crippen molar-refractivity contribution in [2.45, 2.75) is 96.8 Å². The van der Waals surface area contributed by atoms with Crippen LogP contribution >= 0.6 is 0 Å². The van der Waals surface area contributed by atoms with E-state index in [1.54, 1.807) is 0 Å². The summed E-state index contributed by atoms with van der Waals surface area (Å²) in [5.74, 6) is 0. The largest absolute Gasteiger partial charge is 1.00 e. The van der Waals surface area contributed by atoms with Gasteiger partial charge in [0.1, 0.15) is 0 Å². The smallest absolute Gasteiger partial charge is 1.00 e. The second-order valence-electron chi connectivity index (χ2n) is 6.48. The molecule has 0 unspecified atom stereocenters. The van der Waals surface area contributed by atoms with Gasteiger partial charge in [-0.15, -0.1) is 0 Å². The average molecular weight is 313 g/mol. The molecule has 0 aliphatic carbocycles. The number of rotatable bonds is 14. The summed E-state index contributed by atoms with van der Waals surface area (Å²) in [6.07, 6.45) is 20.0. The molecule has 0 heterocycles. The van der Waals surface area contributed by atoms with Crippen LogP contribution in [0.15, 0.2) is 30.3 Å². The Hall–Kier alpha value is 0.220. The third-order valence-electron chi connectivity index (χ3n) is 4.41. The van der Waals surface area contributed by atoms with E-state index in [9.17, 15) is 0 Å². The zero-order valence-electron chi connectivity index (χ0n) is 16.3. The molecule has 0 fully saturated rings. The van der Waals surface area contributed by atoms with Crippen molar-refractivity contribution in [1.29, 1.82) is 0 Å². The van der Waals surface area contributed by atoms with Crippen LogP contribution < -0.4 is 29.6 Å². The molecular formula is C21H37Na. The van der Waals surface area contributed by atoms with Crippen LogP contribution in [0.2, 0.25) is 0 Å². The van der Waals surface area contributed by atoms with Crippen LogP contribution in [0.4, 0.5) is 0 Å². The zero-order chi connectivity index (χ0) is 15.0. The number of benzene rings is 1. The normalized spacial score (nSPS) is 10.4. The molecule has 0 N–H and O–H groups in total. The van der Waals surface area contributed by atoms with Gasteiger partial charge >= 0.3 is 29.6 Å². The van der Waals surface area contributed by atoms with E-state index in [1.165, 1.54) is 95.5 Å². The molecule has 0 aromatic heterocycles. The second-order valence-corrected chi connectivity index (χ2v) is 6.48. The predicted octanol–water partition coefficient (Wildman–Crippen LogP) is 4.44. The van der Waals surface area contributed by atoms with Crippen LogP contribution in [0.3, 0.4) is 0 Å². The van der Waals surface area contributed by atoms with Crippen molar-refractivity contribution >= 4 is 0 Å². The summed E-state index contributed by atoms with van der Waals surface area (Å²) >= 11 is 0. The van der Waals surface area contributed by atoms with Crippen molar-refractivity contribution in [3.63, 3.8) is 0 Å². The number of hydrogen-bond acceptors (Lipinski definition) is 0. The van der Waals surface area contributed by atoms with Gasteiger partial charge in [-0.1, -0.05) is 114 Å². The van der Waals surface area contributed by atoms with Crippen LogP contribution in [0.25, 0.3) is 0 Å². The molecule has 0 spiro atoms. The average Bonchev–Trinajstić information content (AvgIpc) is 2.53. The molecule has 0 atom stereocenters. The summed E-state index contributed by atoms with van der Waals surface area (Å²) in [7, 11) is 0. The molecule has 0 aliphatic heterocycles. The first-order valence-corrected chi connectivity index (χ1v) is 9.47. The van der Waals surface area contributed by atoms with Crippen LogP contribution in [-0.2, 0) is 6.42 Å². The maximum Gasteiger partial charge on any atom is 1.00 e. The van der Waals surface area contributed by atoms with Gasteiger partial charge in [0.05, 0.1) is 0 Å². The molecule has 0 nitrogen and oxygen atoms in total. The molecule has 0 saturated heterocycles. The molecule has 0 amide bonds. The molecule has 0 radical (unpaired) electrons. The minimum Gasteiger partial charge on any atom is -1.00 e. The summed E-state index contributed by atoms with van der Waals surface area (Å²) in [5.41, 5.74) is 1.50. The van der Waals surface area contributed by atoms with Crippen molar-refractivity contribution in [2.24, 2.45) is 0 Å². The first-order chi connectivity index (χ1) is 10.4. The maximum absolute atomic E-state index is 2.29. The van der Waals surface area contributed by atoms with Gasteiger partial charge in [0, 0.05) is 0 Å². The van der Waals surface area contributed by atoms with Gasteiger partial charge in [0.25, 0.3) is 0 Å². The van der Waals surface area contributed by atoms with Crippen molar-refractivity contribution in [3.05, 3.63) is 35.9 Å². The number of aryl methyl sites for hydroxylation is 1. The summed E-state index contributed by atoms with van der Waals surface area (Å²) < 4.78 is 0. The van der Waals surface area contributed by atoms with Crippen LogP contribution in [0.1, 0.15) is 97.4 Å². The van der Waals surface area contributed by atoms with E-state index < -0.39 is 0 Å². The van der Waals surface area contributed by atoms with Gasteiger partial charge in [-0.25, -0.2) is 0 Å². The van der Waals surface area contributed by atoms with E-state index in [1.807, 2.05) is 0 Å². The molecular weight excluding hydrogens is 275 g/mol. The molecule has 0 aliphatic rings.